The number of nitrogens with one attached hydrogen (secondary N) is 3. The van der Waals surface area contributed by atoms with E-state index in [0.717, 1.165) is 0 Å². The van der Waals surface area contributed by atoms with Crippen molar-refractivity contribution in [1.29, 1.82) is 0 Å². The molecule has 0 fully saturated rings. The second kappa shape index (κ2) is 13.8. The number of hydrogen-bond acceptors (Lipinski definition) is 7. The van der Waals surface area contributed by atoms with Crippen LogP contribution in [0.4, 0.5) is 5.82 Å². The zero-order valence-electron chi connectivity index (χ0n) is 24.1. The molecule has 0 saturated carbocycles. The summed E-state index contributed by atoms with van der Waals surface area (Å²) in [5.74, 6) is -1.59. The predicted molar refractivity (Wildman–Crippen MR) is 159 cm³/mol. The smallest absolute Gasteiger partial charge is 0.261 e. The van der Waals surface area contributed by atoms with Gasteiger partial charge in [-0.1, -0.05) is 52.8 Å². The molecular weight excluding hydrogens is 542 g/mol. The second-order valence-electron chi connectivity index (χ2n) is 11.7. The van der Waals surface area contributed by atoms with Crippen molar-refractivity contribution in [2.24, 2.45) is 11.3 Å². The van der Waals surface area contributed by atoms with Crippen LogP contribution in [0.2, 0.25) is 0 Å². The van der Waals surface area contributed by atoms with E-state index in [1.54, 1.807) is 48.7 Å². The van der Waals surface area contributed by atoms with E-state index in [1.807, 2.05) is 34.6 Å². The van der Waals surface area contributed by atoms with E-state index >= 15 is 0 Å². The molecule has 3 rings (SSSR count). The summed E-state index contributed by atoms with van der Waals surface area (Å²) in [7, 11) is 0. The molecule has 0 aliphatic carbocycles. The molecular formula is C30H39N5O5S. The summed E-state index contributed by atoms with van der Waals surface area (Å²) >= 11 is 4.43. The normalized spacial score (nSPS) is 15.2. The van der Waals surface area contributed by atoms with E-state index in [-0.39, 0.29) is 30.7 Å². The maximum atomic E-state index is 13.4. The van der Waals surface area contributed by atoms with Gasteiger partial charge in [0.05, 0.1) is 16.4 Å². The van der Waals surface area contributed by atoms with Crippen molar-refractivity contribution >= 4 is 48.0 Å². The SMILES string of the molecule is CC(C)C[C@H](NC(=O)C(S)CCCN1C(=O)c2ccccc2C1=O)C(=O)N[C@H](C(=O)Nc1ccccn1)C(C)(C)C. The summed E-state index contributed by atoms with van der Waals surface area (Å²) in [6.45, 7) is 9.53. The van der Waals surface area contributed by atoms with Crippen LogP contribution in [0, 0.1) is 11.3 Å². The van der Waals surface area contributed by atoms with Gasteiger partial charge in [-0.05, 0) is 54.9 Å². The number of thiol groups is 1. The molecule has 0 saturated heterocycles. The van der Waals surface area contributed by atoms with Gasteiger partial charge in [-0.15, -0.1) is 0 Å². The minimum Gasteiger partial charge on any atom is -0.343 e. The molecule has 11 heteroatoms. The van der Waals surface area contributed by atoms with Crippen LogP contribution in [0.5, 0.6) is 0 Å². The average Bonchev–Trinajstić information content (AvgIpc) is 3.15. The molecule has 1 aromatic carbocycles. The Kier molecular flexibility index (Phi) is 10.7. The Morgan fingerprint density at radius 1 is 0.902 bits per heavy atom. The van der Waals surface area contributed by atoms with Gasteiger partial charge in [0.25, 0.3) is 11.8 Å². The molecule has 1 aliphatic heterocycles. The van der Waals surface area contributed by atoms with E-state index in [2.05, 4.69) is 33.6 Å². The first-order valence-corrected chi connectivity index (χ1v) is 14.3. The molecule has 3 atom stereocenters. The molecule has 41 heavy (non-hydrogen) atoms. The van der Waals surface area contributed by atoms with Crippen LogP contribution in [-0.2, 0) is 14.4 Å². The fourth-order valence-corrected chi connectivity index (χ4v) is 4.80. The monoisotopic (exact) mass is 581 g/mol. The maximum absolute atomic E-state index is 13.4. The highest BCUT2D eigenvalue weighted by Crippen LogP contribution is 2.24. The first kappa shape index (κ1) is 31.8. The number of amides is 5. The topological polar surface area (TPSA) is 138 Å². The first-order valence-electron chi connectivity index (χ1n) is 13.8. The van der Waals surface area contributed by atoms with Crippen LogP contribution in [0.1, 0.15) is 74.6 Å². The molecule has 10 nitrogen and oxygen atoms in total. The summed E-state index contributed by atoms with van der Waals surface area (Å²) in [5.41, 5.74) is 0.127. The minimum atomic E-state index is -0.893. The van der Waals surface area contributed by atoms with Crippen LogP contribution in [0.25, 0.3) is 0 Å². The van der Waals surface area contributed by atoms with Crippen LogP contribution < -0.4 is 16.0 Å². The molecule has 1 aromatic heterocycles. The van der Waals surface area contributed by atoms with Gasteiger partial charge >= 0.3 is 0 Å². The number of pyridine rings is 1. The predicted octanol–water partition coefficient (Wildman–Crippen LogP) is 3.46. The maximum Gasteiger partial charge on any atom is 0.261 e. The van der Waals surface area contributed by atoms with Crippen molar-refractivity contribution in [2.75, 3.05) is 11.9 Å². The Morgan fingerprint density at radius 3 is 2.05 bits per heavy atom. The number of nitrogens with zero attached hydrogens (tertiary/aromatic N) is 2. The number of fused-ring (bicyclic) bond motifs is 1. The Morgan fingerprint density at radius 2 is 1.51 bits per heavy atom. The van der Waals surface area contributed by atoms with Crippen molar-refractivity contribution in [3.63, 3.8) is 0 Å². The zero-order valence-corrected chi connectivity index (χ0v) is 25.0. The van der Waals surface area contributed by atoms with Crippen LogP contribution in [-0.4, -0.2) is 63.3 Å². The van der Waals surface area contributed by atoms with E-state index in [4.69, 9.17) is 0 Å². The lowest BCUT2D eigenvalue weighted by atomic mass is 9.85. The summed E-state index contributed by atoms with van der Waals surface area (Å²) in [6.07, 6.45) is 2.57. The van der Waals surface area contributed by atoms with Gasteiger partial charge in [0.15, 0.2) is 0 Å². The molecule has 3 N–H and O–H groups in total. The lowest BCUT2D eigenvalue weighted by molar-refractivity contribution is -0.132. The van der Waals surface area contributed by atoms with Crippen LogP contribution in [0.3, 0.4) is 0 Å². The van der Waals surface area contributed by atoms with Crippen molar-refractivity contribution in [2.45, 2.75) is 71.2 Å². The number of aromatic nitrogens is 1. The van der Waals surface area contributed by atoms with Gasteiger partial charge in [0.2, 0.25) is 17.7 Å². The summed E-state index contributed by atoms with van der Waals surface area (Å²) in [6, 6.07) is 10.0. The van der Waals surface area contributed by atoms with Gasteiger partial charge in [-0.2, -0.15) is 12.6 Å². The Hall–Kier alpha value is -3.73. The first-order chi connectivity index (χ1) is 19.3. The molecule has 2 aromatic rings. The fourth-order valence-electron chi connectivity index (χ4n) is 4.54. The van der Waals surface area contributed by atoms with Gasteiger partial charge < -0.3 is 16.0 Å². The largest absolute Gasteiger partial charge is 0.343 e. The van der Waals surface area contributed by atoms with Gasteiger partial charge in [-0.3, -0.25) is 28.9 Å². The molecule has 0 bridgehead atoms. The second-order valence-corrected chi connectivity index (χ2v) is 12.3. The molecule has 0 spiro atoms. The quantitative estimate of drug-likeness (QED) is 0.224. The number of benzene rings is 1. The lowest BCUT2D eigenvalue weighted by Crippen LogP contribution is -2.57. The van der Waals surface area contributed by atoms with Crippen molar-refractivity contribution in [1.82, 2.24) is 20.5 Å². The van der Waals surface area contributed by atoms with E-state index in [9.17, 15) is 24.0 Å². The highest BCUT2D eigenvalue weighted by Gasteiger charge is 2.37. The third kappa shape index (κ3) is 8.39. The third-order valence-electron chi connectivity index (χ3n) is 6.71. The summed E-state index contributed by atoms with van der Waals surface area (Å²) < 4.78 is 0. The van der Waals surface area contributed by atoms with E-state index < -0.39 is 40.5 Å². The highest BCUT2D eigenvalue weighted by atomic mass is 32.1. The minimum absolute atomic E-state index is 0.0775. The summed E-state index contributed by atoms with van der Waals surface area (Å²) in [5, 5.41) is 7.58. The highest BCUT2D eigenvalue weighted by molar-refractivity contribution is 7.81. The summed E-state index contributed by atoms with van der Waals surface area (Å²) in [4.78, 5) is 70.0. The number of carbonyl (C=O) groups excluding carboxylic acids is 5. The van der Waals surface area contributed by atoms with E-state index in [1.165, 1.54) is 4.90 Å². The van der Waals surface area contributed by atoms with Crippen molar-refractivity contribution in [3.8, 4) is 0 Å². The number of hydrogen-bond donors (Lipinski definition) is 4. The Balaban J connectivity index is 1.59. The number of anilines is 1. The Labute approximate surface area is 246 Å². The van der Waals surface area contributed by atoms with Gasteiger partial charge in [0, 0.05) is 12.7 Å². The van der Waals surface area contributed by atoms with Crippen molar-refractivity contribution < 1.29 is 24.0 Å². The average molecular weight is 582 g/mol. The molecule has 0 radical (unpaired) electrons. The standard InChI is InChI=1S/C30H39N5O5S/c1-18(2)17-21(25(36)34-24(30(3,4)5)27(38)33-23-14-8-9-15-31-23)32-26(37)22(41)13-10-16-35-28(39)19-11-6-7-12-20(19)29(35)40/h6-9,11-12,14-15,18,21-22,24,41H,10,13,16-17H2,1-5H3,(H,32,37)(H,34,36)(H,31,33,38)/t21-,22?,24+/m0/s1. The number of imide groups is 1. The zero-order chi connectivity index (χ0) is 30.3. The van der Waals surface area contributed by atoms with Gasteiger partial charge in [0.1, 0.15) is 17.9 Å². The molecule has 1 aliphatic rings. The fraction of sp³-hybridized carbons (Fsp3) is 0.467. The molecule has 5 amide bonds. The van der Waals surface area contributed by atoms with Gasteiger partial charge in [-0.25, -0.2) is 4.98 Å². The van der Waals surface area contributed by atoms with Crippen LogP contribution >= 0.6 is 12.6 Å². The molecule has 1 unspecified atom stereocenters. The lowest BCUT2D eigenvalue weighted by Gasteiger charge is -2.32. The number of rotatable bonds is 12. The molecule has 220 valence electrons. The molecule has 2 heterocycles. The van der Waals surface area contributed by atoms with E-state index in [0.29, 0.717) is 29.8 Å². The van der Waals surface area contributed by atoms with Crippen molar-refractivity contribution in [3.05, 3.63) is 59.8 Å². The van der Waals surface area contributed by atoms with Crippen LogP contribution in [0.15, 0.2) is 48.7 Å². The Bertz CT molecular complexity index is 1240. The number of carbonyl (C=O) groups is 5. The third-order valence-corrected chi connectivity index (χ3v) is 7.20.